The van der Waals surface area contributed by atoms with E-state index in [0.717, 1.165) is 12.0 Å². The molecule has 4 aliphatic rings. The predicted molar refractivity (Wildman–Crippen MR) is 263 cm³/mol. The first-order chi connectivity index (χ1) is 32.4. The van der Waals surface area contributed by atoms with Gasteiger partial charge >= 0.3 is 5.97 Å². The quantitative estimate of drug-likeness (QED) is 0.104. The van der Waals surface area contributed by atoms with Gasteiger partial charge in [0.2, 0.25) is 5.79 Å². The fourth-order valence-corrected chi connectivity index (χ4v) is 11.4. The largest absolute Gasteiger partial charge is 0.460 e. The molecular formula is C53H84NO14P. The minimum absolute atomic E-state index is 0.0117. The Morgan fingerprint density at radius 2 is 1.57 bits per heavy atom. The number of esters is 1. The third-order valence-electron chi connectivity index (χ3n) is 14.8. The molecule has 3 fully saturated rings. The van der Waals surface area contributed by atoms with Crippen molar-refractivity contribution in [2.24, 2.45) is 35.5 Å². The van der Waals surface area contributed by atoms with Gasteiger partial charge in [-0.1, -0.05) is 71.1 Å². The number of rotatable bonds is 8. The number of ketones is 3. The Labute approximate surface area is 411 Å². The molecule has 2 N–H and O–H groups in total. The van der Waals surface area contributed by atoms with E-state index in [-0.39, 0.29) is 60.9 Å². The third kappa shape index (κ3) is 16.2. The lowest BCUT2D eigenvalue weighted by molar-refractivity contribution is -0.265. The highest BCUT2D eigenvalue weighted by atomic mass is 31.2. The minimum Gasteiger partial charge on any atom is -0.460 e. The molecule has 69 heavy (non-hydrogen) atoms. The number of aliphatic hydroxyl groups excluding tert-OH is 1. The van der Waals surface area contributed by atoms with Gasteiger partial charge in [-0.05, 0) is 107 Å². The Bertz CT molecular complexity index is 1940. The van der Waals surface area contributed by atoms with Gasteiger partial charge in [-0.2, -0.15) is 0 Å². The summed E-state index contributed by atoms with van der Waals surface area (Å²) in [5, 5.41) is 23.5. The molecule has 16 heteroatoms. The molecule has 0 aromatic rings. The van der Waals surface area contributed by atoms with Crippen LogP contribution in [0.1, 0.15) is 126 Å². The van der Waals surface area contributed by atoms with Gasteiger partial charge in [-0.15, -0.1) is 0 Å². The summed E-state index contributed by atoms with van der Waals surface area (Å²) >= 11 is 0. The number of allylic oxidation sites excluding steroid dienone is 6. The monoisotopic (exact) mass is 990 g/mol. The molecule has 3 heterocycles. The van der Waals surface area contributed by atoms with E-state index < -0.39 is 85.1 Å². The molecule has 0 radical (unpaired) electrons. The Morgan fingerprint density at radius 1 is 0.855 bits per heavy atom. The van der Waals surface area contributed by atoms with Gasteiger partial charge in [0.15, 0.2) is 13.2 Å². The molecule has 2 bridgehead atoms. The first-order valence-electron chi connectivity index (χ1n) is 25.2. The van der Waals surface area contributed by atoms with Gasteiger partial charge in [0.25, 0.3) is 11.7 Å². The first-order valence-corrected chi connectivity index (χ1v) is 27.7. The molecule has 0 unspecified atom stereocenters. The van der Waals surface area contributed by atoms with Crippen LogP contribution in [0.4, 0.5) is 0 Å². The van der Waals surface area contributed by atoms with E-state index >= 15 is 0 Å². The Balaban J connectivity index is 1.70. The van der Waals surface area contributed by atoms with Crippen molar-refractivity contribution in [2.75, 3.05) is 41.2 Å². The van der Waals surface area contributed by atoms with Crippen molar-refractivity contribution in [1.82, 2.24) is 4.90 Å². The zero-order valence-corrected chi connectivity index (χ0v) is 44.3. The average molecular weight is 990 g/mol. The summed E-state index contributed by atoms with van der Waals surface area (Å²) in [6.45, 7) is 15.9. The molecule has 1 saturated carbocycles. The van der Waals surface area contributed by atoms with Crippen LogP contribution in [0.5, 0.6) is 0 Å². The standard InChI is InChI=1S/C53H84NO14P/c1-32-18-14-13-15-19-33(2)44(63-8)30-40-23-21-38(7)53(61,67-40)50(58)51(59)54-25-17-16-20-41(54)52(60)66-45(35(4)28-39-22-24-43(46(29-39)64-9)68-69(11,12)62)31-42(55)34(3)27-37(6)48(57)49(65-10)47(56)36(5)26-32/h13-15,18-19,27,32,34-36,38-41,43-46,48-49,57,61H,16-17,20-26,28-31H2,1-12H3/t32-,34-,35-,36-,38-,39-,40+,41+,43-,44+,45+,46-,48-,49+,53-/m1/s1. The number of aliphatic hydroxyl groups is 2. The number of nitrogens with zero attached hydrogens (tertiary/aromatic N) is 1. The van der Waals surface area contributed by atoms with E-state index in [0.29, 0.717) is 63.4 Å². The van der Waals surface area contributed by atoms with Gasteiger partial charge in [-0.25, -0.2) is 4.79 Å². The van der Waals surface area contributed by atoms with E-state index in [1.807, 2.05) is 58.1 Å². The van der Waals surface area contributed by atoms with Crippen LogP contribution in [0.3, 0.4) is 0 Å². The van der Waals surface area contributed by atoms with Crippen LogP contribution >= 0.6 is 7.37 Å². The number of hydrogen-bond donors (Lipinski definition) is 2. The number of Topliss-reactive ketones (excluding diaryl/α,β-unsaturated/α-hetero) is 3. The number of hydrogen-bond acceptors (Lipinski definition) is 14. The van der Waals surface area contributed by atoms with Crippen molar-refractivity contribution in [2.45, 2.75) is 180 Å². The topological polar surface area (TPSA) is 201 Å². The smallest absolute Gasteiger partial charge is 0.329 e. The number of fused-ring (bicyclic) bond motifs is 3. The van der Waals surface area contributed by atoms with Crippen molar-refractivity contribution in [3.63, 3.8) is 0 Å². The van der Waals surface area contributed by atoms with Crippen molar-refractivity contribution in [3.8, 4) is 0 Å². The van der Waals surface area contributed by atoms with Crippen molar-refractivity contribution >= 4 is 36.6 Å². The summed E-state index contributed by atoms with van der Waals surface area (Å²) in [6.07, 6.45) is 11.4. The molecule has 0 spiro atoms. The lowest BCUT2D eigenvalue weighted by Gasteiger charge is -2.42. The van der Waals surface area contributed by atoms with Crippen molar-refractivity contribution in [1.29, 1.82) is 0 Å². The number of ether oxygens (including phenoxy) is 5. The van der Waals surface area contributed by atoms with Crippen LogP contribution in [0, 0.1) is 35.5 Å². The van der Waals surface area contributed by atoms with Gasteiger partial charge < -0.3 is 43.3 Å². The van der Waals surface area contributed by atoms with Crippen molar-refractivity contribution < 1.29 is 67.0 Å². The second-order valence-corrected chi connectivity index (χ2v) is 23.6. The van der Waals surface area contributed by atoms with E-state index in [9.17, 15) is 38.8 Å². The van der Waals surface area contributed by atoms with E-state index in [1.54, 1.807) is 54.4 Å². The van der Waals surface area contributed by atoms with Crippen LogP contribution in [-0.2, 0) is 56.7 Å². The molecule has 15 nitrogen and oxygen atoms in total. The van der Waals surface area contributed by atoms with E-state index in [4.69, 9.17) is 28.2 Å². The molecule has 15 atom stereocenters. The third-order valence-corrected chi connectivity index (χ3v) is 15.6. The lowest BCUT2D eigenvalue weighted by Crippen LogP contribution is -2.61. The molecular weight excluding hydrogens is 906 g/mol. The normalized spacial score (nSPS) is 36.6. The molecule has 2 saturated heterocycles. The Kier molecular flexibility index (Phi) is 22.5. The van der Waals surface area contributed by atoms with Crippen molar-refractivity contribution in [3.05, 3.63) is 47.6 Å². The summed E-state index contributed by atoms with van der Waals surface area (Å²) in [4.78, 5) is 72.2. The van der Waals surface area contributed by atoms with Crippen LogP contribution < -0.4 is 0 Å². The molecule has 4 rings (SSSR count). The van der Waals surface area contributed by atoms with Crippen LogP contribution in [-0.4, -0.2) is 140 Å². The molecule has 3 aliphatic heterocycles. The Hall–Kier alpha value is -3.14. The maximum Gasteiger partial charge on any atom is 0.329 e. The highest BCUT2D eigenvalue weighted by Crippen LogP contribution is 2.45. The van der Waals surface area contributed by atoms with Gasteiger partial charge in [0.05, 0.1) is 24.4 Å². The molecule has 1 amide bonds. The average Bonchev–Trinajstić information content (AvgIpc) is 3.30. The first kappa shape index (κ1) is 58.4. The summed E-state index contributed by atoms with van der Waals surface area (Å²) < 4.78 is 48.2. The zero-order chi connectivity index (χ0) is 51.4. The second kappa shape index (κ2) is 26.5. The van der Waals surface area contributed by atoms with Crippen LogP contribution in [0.25, 0.3) is 0 Å². The molecule has 390 valence electrons. The number of amides is 1. The van der Waals surface area contributed by atoms with E-state index in [2.05, 4.69) is 0 Å². The fraction of sp³-hybridized carbons (Fsp3) is 0.755. The summed E-state index contributed by atoms with van der Waals surface area (Å²) in [7, 11) is 1.76. The molecule has 0 aromatic carbocycles. The minimum atomic E-state index is -2.79. The van der Waals surface area contributed by atoms with Crippen LogP contribution in [0.2, 0.25) is 0 Å². The summed E-state index contributed by atoms with van der Waals surface area (Å²) in [6, 6.07) is -1.16. The molecule has 1 aliphatic carbocycles. The number of carbonyl (C=O) groups is 5. The highest BCUT2D eigenvalue weighted by Gasteiger charge is 2.53. The second-order valence-electron chi connectivity index (χ2n) is 20.9. The predicted octanol–water partition coefficient (Wildman–Crippen LogP) is 7.74. The number of piperidine rings is 1. The number of carbonyl (C=O) groups excluding carboxylic acids is 5. The Morgan fingerprint density at radius 3 is 2.22 bits per heavy atom. The molecule has 0 aromatic heterocycles. The maximum atomic E-state index is 14.5. The number of methoxy groups -OCH3 is 3. The SMILES string of the molecule is CO[C@H]1C[C@@H]2CC[C@@H](C)[C@@](O)(O2)C(=O)C(=O)N2CCCC[C@H]2C(=O)O[C@H]([C@H](C)C[C@H]2CC[C@@H](OP(C)(C)=O)[C@H](OC)C2)CC(=O)[C@H](C)C=C(C)[C@@H](O)[C@@H](OC)C(=O)[C@H](C)C[C@H](C)C=CC=CC=C1C. The number of cyclic esters (lactones) is 1. The van der Waals surface area contributed by atoms with Gasteiger partial charge in [0.1, 0.15) is 30.1 Å². The summed E-state index contributed by atoms with van der Waals surface area (Å²) in [5.74, 6) is -8.11. The zero-order valence-electron chi connectivity index (χ0n) is 43.4. The summed E-state index contributed by atoms with van der Waals surface area (Å²) in [5.41, 5.74) is 1.25. The fourth-order valence-electron chi connectivity index (χ4n) is 10.5. The van der Waals surface area contributed by atoms with Gasteiger partial charge in [0, 0.05) is 71.8 Å². The van der Waals surface area contributed by atoms with E-state index in [1.165, 1.54) is 12.0 Å². The highest BCUT2D eigenvalue weighted by molar-refractivity contribution is 7.57. The maximum absolute atomic E-state index is 14.5. The lowest BCUT2D eigenvalue weighted by atomic mass is 9.78. The van der Waals surface area contributed by atoms with Crippen LogP contribution in [0.15, 0.2) is 47.6 Å². The van der Waals surface area contributed by atoms with Gasteiger partial charge in [-0.3, -0.25) is 23.7 Å².